The van der Waals surface area contributed by atoms with E-state index >= 15 is 0 Å². The van der Waals surface area contributed by atoms with Gasteiger partial charge in [0, 0.05) is 26.2 Å². The van der Waals surface area contributed by atoms with Crippen LogP contribution >= 0.6 is 0 Å². The first-order valence-corrected chi connectivity index (χ1v) is 11.6. The molecular formula is C24H39N3O3. The Bertz CT molecular complexity index is 645. The fraction of sp³-hybridized carbons (Fsp3) is 0.708. The number of piperidine rings is 1. The van der Waals surface area contributed by atoms with Crippen LogP contribution in [-0.2, 0) is 9.47 Å². The molecule has 30 heavy (non-hydrogen) atoms. The largest absolute Gasteiger partial charge is 0.492 e. The number of aliphatic imine (C=N–C) groups is 1. The summed E-state index contributed by atoms with van der Waals surface area (Å²) in [5.41, 5.74) is 2.45. The average molecular weight is 418 g/mol. The molecule has 0 saturated carbocycles. The van der Waals surface area contributed by atoms with Crippen LogP contribution in [0.4, 0.5) is 0 Å². The molecule has 3 rings (SSSR count). The van der Waals surface area contributed by atoms with Crippen molar-refractivity contribution in [1.29, 1.82) is 0 Å². The Labute approximate surface area is 182 Å². The second-order valence-electron chi connectivity index (χ2n) is 8.42. The maximum Gasteiger partial charge on any atom is 0.194 e. The zero-order chi connectivity index (χ0) is 21.2. The van der Waals surface area contributed by atoms with E-state index in [1.165, 1.54) is 24.0 Å². The van der Waals surface area contributed by atoms with Gasteiger partial charge in [0.2, 0.25) is 0 Å². The van der Waals surface area contributed by atoms with E-state index in [2.05, 4.69) is 49.2 Å². The second-order valence-corrected chi connectivity index (χ2v) is 8.42. The first-order chi connectivity index (χ1) is 14.6. The fourth-order valence-electron chi connectivity index (χ4n) is 4.17. The number of rotatable bonds is 8. The first-order valence-electron chi connectivity index (χ1n) is 11.6. The van der Waals surface area contributed by atoms with E-state index in [1.54, 1.807) is 0 Å². The number of likely N-dealkylation sites (tertiary alicyclic amines) is 1. The topological polar surface area (TPSA) is 55.3 Å². The molecule has 1 unspecified atom stereocenters. The number of hydrogen-bond donors (Lipinski definition) is 1. The molecule has 168 valence electrons. The Hall–Kier alpha value is -1.79. The van der Waals surface area contributed by atoms with Gasteiger partial charge in [-0.3, -0.25) is 0 Å². The van der Waals surface area contributed by atoms with Crippen molar-refractivity contribution in [3.8, 4) is 5.75 Å². The SMILES string of the molecule is CCNC(=NCCOc1cc(C)cc(C)c1)N1CCC(OCC2CCCCO2)CC1. The summed E-state index contributed by atoms with van der Waals surface area (Å²) in [4.78, 5) is 7.13. The molecule has 0 spiro atoms. The van der Waals surface area contributed by atoms with Crippen molar-refractivity contribution in [2.24, 2.45) is 4.99 Å². The quantitative estimate of drug-likeness (QED) is 0.397. The van der Waals surface area contributed by atoms with E-state index in [0.717, 1.165) is 63.8 Å². The summed E-state index contributed by atoms with van der Waals surface area (Å²) in [6.07, 6.45) is 6.31. The predicted octanol–water partition coefficient (Wildman–Crippen LogP) is 3.70. The summed E-state index contributed by atoms with van der Waals surface area (Å²) in [6.45, 7) is 12.0. The standard InChI is InChI=1S/C24H39N3O3/c1-4-25-24(26-10-14-29-23-16-19(2)15-20(3)17-23)27-11-8-21(9-12-27)30-18-22-7-5-6-13-28-22/h15-17,21-22H,4-14,18H2,1-3H3,(H,25,26). The minimum absolute atomic E-state index is 0.299. The molecule has 2 fully saturated rings. The number of aryl methyl sites for hydroxylation is 2. The van der Waals surface area contributed by atoms with E-state index in [4.69, 9.17) is 19.2 Å². The van der Waals surface area contributed by atoms with Crippen LogP contribution in [0.5, 0.6) is 5.75 Å². The van der Waals surface area contributed by atoms with Crippen molar-refractivity contribution in [3.05, 3.63) is 29.3 Å². The van der Waals surface area contributed by atoms with E-state index in [9.17, 15) is 0 Å². The molecule has 6 heteroatoms. The van der Waals surface area contributed by atoms with Crippen LogP contribution in [0.3, 0.4) is 0 Å². The van der Waals surface area contributed by atoms with Gasteiger partial charge in [-0.2, -0.15) is 0 Å². The zero-order valence-electron chi connectivity index (χ0n) is 19.0. The van der Waals surface area contributed by atoms with Crippen LogP contribution in [0.15, 0.2) is 23.2 Å². The summed E-state index contributed by atoms with van der Waals surface area (Å²) >= 11 is 0. The van der Waals surface area contributed by atoms with Crippen molar-refractivity contribution in [1.82, 2.24) is 10.2 Å². The van der Waals surface area contributed by atoms with Gasteiger partial charge in [0.15, 0.2) is 5.96 Å². The molecule has 0 radical (unpaired) electrons. The van der Waals surface area contributed by atoms with Gasteiger partial charge in [-0.05, 0) is 76.1 Å². The molecule has 0 bridgehead atoms. The van der Waals surface area contributed by atoms with Gasteiger partial charge in [-0.1, -0.05) is 6.07 Å². The number of ether oxygens (including phenoxy) is 3. The van der Waals surface area contributed by atoms with Crippen molar-refractivity contribution >= 4 is 5.96 Å². The van der Waals surface area contributed by atoms with Crippen molar-refractivity contribution in [3.63, 3.8) is 0 Å². The van der Waals surface area contributed by atoms with E-state index in [1.807, 2.05) is 0 Å². The molecule has 0 aliphatic carbocycles. The molecule has 0 amide bonds. The molecule has 1 aromatic rings. The highest BCUT2D eigenvalue weighted by atomic mass is 16.5. The number of benzene rings is 1. The monoisotopic (exact) mass is 417 g/mol. The number of nitrogens with zero attached hydrogens (tertiary/aromatic N) is 2. The highest BCUT2D eigenvalue weighted by Gasteiger charge is 2.23. The lowest BCUT2D eigenvalue weighted by Crippen LogP contribution is -2.47. The van der Waals surface area contributed by atoms with Crippen molar-refractivity contribution < 1.29 is 14.2 Å². The van der Waals surface area contributed by atoms with Gasteiger partial charge in [0.25, 0.3) is 0 Å². The molecule has 1 atom stereocenters. The summed E-state index contributed by atoms with van der Waals surface area (Å²) in [5, 5.41) is 3.43. The Balaban J connectivity index is 1.40. The number of guanidine groups is 1. The Morgan fingerprint density at radius 3 is 2.57 bits per heavy atom. The van der Waals surface area contributed by atoms with Gasteiger partial charge in [-0.25, -0.2) is 4.99 Å². The van der Waals surface area contributed by atoms with Crippen LogP contribution < -0.4 is 10.1 Å². The van der Waals surface area contributed by atoms with Gasteiger partial charge in [-0.15, -0.1) is 0 Å². The molecule has 0 aromatic heterocycles. The Morgan fingerprint density at radius 2 is 1.90 bits per heavy atom. The van der Waals surface area contributed by atoms with E-state index in [-0.39, 0.29) is 0 Å². The third kappa shape index (κ3) is 7.47. The van der Waals surface area contributed by atoms with Gasteiger partial charge < -0.3 is 24.4 Å². The molecule has 2 saturated heterocycles. The fourth-order valence-corrected chi connectivity index (χ4v) is 4.17. The Kier molecular flexibility index (Phi) is 9.27. The summed E-state index contributed by atoms with van der Waals surface area (Å²) in [5.74, 6) is 1.91. The summed E-state index contributed by atoms with van der Waals surface area (Å²) < 4.78 is 17.8. The minimum Gasteiger partial charge on any atom is -0.492 e. The lowest BCUT2D eigenvalue weighted by atomic mass is 10.1. The normalized spacial score (nSPS) is 21.0. The van der Waals surface area contributed by atoms with Gasteiger partial charge >= 0.3 is 0 Å². The zero-order valence-corrected chi connectivity index (χ0v) is 19.0. The van der Waals surface area contributed by atoms with Gasteiger partial charge in [0.1, 0.15) is 12.4 Å². The molecule has 2 heterocycles. The van der Waals surface area contributed by atoms with E-state index in [0.29, 0.717) is 25.4 Å². The molecule has 6 nitrogen and oxygen atoms in total. The molecule has 1 aromatic carbocycles. The first kappa shape index (κ1) is 22.9. The van der Waals surface area contributed by atoms with Crippen LogP contribution in [-0.4, -0.2) is 69.1 Å². The average Bonchev–Trinajstić information content (AvgIpc) is 2.75. The summed E-state index contributed by atoms with van der Waals surface area (Å²) in [6, 6.07) is 6.31. The third-order valence-corrected chi connectivity index (χ3v) is 5.69. The highest BCUT2D eigenvalue weighted by Crippen LogP contribution is 2.18. The van der Waals surface area contributed by atoms with Crippen LogP contribution in [0, 0.1) is 13.8 Å². The van der Waals surface area contributed by atoms with Crippen molar-refractivity contribution in [2.75, 3.05) is 46.0 Å². The van der Waals surface area contributed by atoms with E-state index < -0.39 is 0 Å². The number of nitrogens with one attached hydrogen (secondary N) is 1. The van der Waals surface area contributed by atoms with Crippen LogP contribution in [0.2, 0.25) is 0 Å². The van der Waals surface area contributed by atoms with Crippen LogP contribution in [0.25, 0.3) is 0 Å². The molecule has 2 aliphatic rings. The lowest BCUT2D eigenvalue weighted by molar-refractivity contribution is -0.0721. The molecule has 2 aliphatic heterocycles. The summed E-state index contributed by atoms with van der Waals surface area (Å²) in [7, 11) is 0. The predicted molar refractivity (Wildman–Crippen MR) is 122 cm³/mol. The third-order valence-electron chi connectivity index (χ3n) is 5.69. The maximum atomic E-state index is 6.15. The molecular weight excluding hydrogens is 378 g/mol. The minimum atomic E-state index is 0.299. The Morgan fingerprint density at radius 1 is 1.13 bits per heavy atom. The second kappa shape index (κ2) is 12.2. The molecule has 1 N–H and O–H groups in total. The highest BCUT2D eigenvalue weighted by molar-refractivity contribution is 5.80. The van der Waals surface area contributed by atoms with Crippen LogP contribution in [0.1, 0.15) is 50.2 Å². The smallest absolute Gasteiger partial charge is 0.194 e. The maximum absolute atomic E-state index is 6.15. The van der Waals surface area contributed by atoms with Gasteiger partial charge in [0.05, 0.1) is 25.4 Å². The number of hydrogen-bond acceptors (Lipinski definition) is 4. The lowest BCUT2D eigenvalue weighted by Gasteiger charge is -2.35. The van der Waals surface area contributed by atoms with Crippen molar-refractivity contribution in [2.45, 2.75) is 65.1 Å².